The van der Waals surface area contributed by atoms with Crippen LogP contribution in [0.1, 0.15) is 13.8 Å². The van der Waals surface area contributed by atoms with Crippen molar-refractivity contribution in [3.05, 3.63) is 11.1 Å². The maximum Gasteiger partial charge on any atom is 0.153 e. The molecule has 0 amide bonds. The third kappa shape index (κ3) is 2.25. The van der Waals surface area contributed by atoms with E-state index >= 15 is 0 Å². The van der Waals surface area contributed by atoms with Crippen molar-refractivity contribution in [2.24, 2.45) is 0 Å². The van der Waals surface area contributed by atoms with Crippen LogP contribution in [0.3, 0.4) is 0 Å². The summed E-state index contributed by atoms with van der Waals surface area (Å²) in [6.07, 6.45) is 2.86. The standard InChI is InChI=1S/C8H8I2O/c1-5-3-4-11-7(6(5)2)8(9)10/h7-8H,1-2H3. The average molecular weight is 374 g/mol. The van der Waals surface area contributed by atoms with Crippen LogP contribution in [0.2, 0.25) is 0 Å². The van der Waals surface area contributed by atoms with Gasteiger partial charge in [-0.3, -0.25) is 0 Å². The van der Waals surface area contributed by atoms with Gasteiger partial charge < -0.3 is 4.74 Å². The van der Waals surface area contributed by atoms with Gasteiger partial charge in [0.1, 0.15) is 8.04 Å². The molecular weight excluding hydrogens is 366 g/mol. The molecule has 0 bridgehead atoms. The molecule has 0 saturated heterocycles. The van der Waals surface area contributed by atoms with E-state index in [-0.39, 0.29) is 6.10 Å². The van der Waals surface area contributed by atoms with E-state index in [0.29, 0.717) is 1.93 Å². The highest BCUT2D eigenvalue weighted by molar-refractivity contribution is 14.2. The number of ether oxygens (including phenoxy) is 1. The van der Waals surface area contributed by atoms with E-state index < -0.39 is 0 Å². The lowest BCUT2D eigenvalue weighted by molar-refractivity contribution is 0.218. The van der Waals surface area contributed by atoms with Crippen molar-refractivity contribution in [3.63, 3.8) is 0 Å². The molecule has 1 atom stereocenters. The van der Waals surface area contributed by atoms with Gasteiger partial charge >= 0.3 is 0 Å². The van der Waals surface area contributed by atoms with Crippen molar-refractivity contribution in [2.45, 2.75) is 21.9 Å². The molecule has 0 aromatic rings. The second-order valence-corrected chi connectivity index (χ2v) is 7.48. The van der Waals surface area contributed by atoms with Gasteiger partial charge in [-0.2, -0.15) is 0 Å². The summed E-state index contributed by atoms with van der Waals surface area (Å²) in [5.41, 5.74) is 2.41. The molecule has 1 heterocycles. The Bertz CT molecular complexity index is 245. The Hall–Kier alpha value is 0.560. The van der Waals surface area contributed by atoms with Gasteiger partial charge in [0.05, 0.1) is 0 Å². The molecule has 0 N–H and O–H groups in total. The molecular formula is C8H8I2O. The fourth-order valence-electron chi connectivity index (χ4n) is 0.810. The van der Waals surface area contributed by atoms with Crippen molar-refractivity contribution < 1.29 is 4.74 Å². The second-order valence-electron chi connectivity index (χ2n) is 2.41. The highest BCUT2D eigenvalue weighted by Gasteiger charge is 2.22. The van der Waals surface area contributed by atoms with Crippen molar-refractivity contribution >= 4 is 45.2 Å². The zero-order valence-corrected chi connectivity index (χ0v) is 10.6. The van der Waals surface area contributed by atoms with E-state index in [1.807, 2.05) is 6.92 Å². The van der Waals surface area contributed by atoms with E-state index in [1.165, 1.54) is 5.57 Å². The van der Waals surface area contributed by atoms with Crippen molar-refractivity contribution in [1.82, 2.24) is 0 Å². The largest absolute Gasteiger partial charge is 0.437 e. The zero-order chi connectivity index (χ0) is 8.43. The quantitative estimate of drug-likeness (QED) is 0.390. The minimum Gasteiger partial charge on any atom is -0.437 e. The Morgan fingerprint density at radius 2 is 2.09 bits per heavy atom. The number of rotatable bonds is 1. The predicted molar refractivity (Wildman–Crippen MR) is 62.9 cm³/mol. The molecule has 1 nitrogen and oxygen atoms in total. The normalized spacial score (nSPS) is 22.8. The molecule has 11 heavy (non-hydrogen) atoms. The molecule has 60 valence electrons. The lowest BCUT2D eigenvalue weighted by Gasteiger charge is -2.20. The third-order valence-corrected chi connectivity index (χ3v) is 2.98. The smallest absolute Gasteiger partial charge is 0.153 e. The molecule has 3 heteroatoms. The summed E-state index contributed by atoms with van der Waals surface area (Å²) >= 11 is 4.69. The Morgan fingerprint density at radius 1 is 1.45 bits per heavy atom. The van der Waals surface area contributed by atoms with Crippen LogP contribution in [0.15, 0.2) is 11.1 Å². The van der Waals surface area contributed by atoms with Crippen molar-refractivity contribution in [2.75, 3.05) is 0 Å². The zero-order valence-electron chi connectivity index (χ0n) is 6.32. The minimum absolute atomic E-state index is 0.178. The summed E-state index contributed by atoms with van der Waals surface area (Å²) in [7, 11) is 0. The van der Waals surface area contributed by atoms with Gasteiger partial charge in [-0.15, -0.1) is 0 Å². The first kappa shape index (κ1) is 9.65. The molecule has 0 fully saturated rings. The Kier molecular flexibility index (Phi) is 3.50. The van der Waals surface area contributed by atoms with E-state index in [1.54, 1.807) is 0 Å². The van der Waals surface area contributed by atoms with Crippen LogP contribution >= 0.6 is 45.2 Å². The van der Waals surface area contributed by atoms with E-state index in [4.69, 9.17) is 4.74 Å². The lowest BCUT2D eigenvalue weighted by atomic mass is 10.1. The fourth-order valence-corrected chi connectivity index (χ4v) is 2.18. The van der Waals surface area contributed by atoms with Crippen LogP contribution in [0.25, 0.3) is 0 Å². The maximum absolute atomic E-state index is 5.29. The average Bonchev–Trinajstić information content (AvgIpc) is 1.94. The highest BCUT2D eigenvalue weighted by atomic mass is 127. The molecule has 1 aliphatic rings. The second kappa shape index (κ2) is 3.99. The number of allylic oxidation sites excluding steroid dienone is 1. The Labute approximate surface area is 94.2 Å². The first-order chi connectivity index (χ1) is 5.13. The molecule has 1 unspecified atom stereocenters. The van der Waals surface area contributed by atoms with Crippen LogP contribution in [0.5, 0.6) is 0 Å². The highest BCUT2D eigenvalue weighted by Crippen LogP contribution is 2.26. The number of hydrogen-bond acceptors (Lipinski definition) is 1. The summed E-state index contributed by atoms with van der Waals surface area (Å²) in [5.74, 6) is 2.92. The van der Waals surface area contributed by atoms with Gasteiger partial charge in [0, 0.05) is 5.57 Å². The first-order valence-electron chi connectivity index (χ1n) is 3.25. The maximum atomic E-state index is 5.29. The van der Waals surface area contributed by atoms with Crippen LogP contribution in [0.4, 0.5) is 0 Å². The summed E-state index contributed by atoms with van der Waals surface area (Å²) in [4.78, 5) is 0. The first-order valence-corrected chi connectivity index (χ1v) is 5.74. The van der Waals surface area contributed by atoms with Gasteiger partial charge in [0.2, 0.25) is 0 Å². The Balaban J connectivity index is 2.85. The van der Waals surface area contributed by atoms with Crippen molar-refractivity contribution in [3.8, 4) is 12.0 Å². The molecule has 0 aromatic heterocycles. The summed E-state index contributed by atoms with van der Waals surface area (Å²) in [6, 6.07) is 0. The van der Waals surface area contributed by atoms with Crippen LogP contribution in [-0.4, -0.2) is 8.04 Å². The molecule has 0 saturated carbocycles. The van der Waals surface area contributed by atoms with Gasteiger partial charge in [-0.25, -0.2) is 0 Å². The van der Waals surface area contributed by atoms with Crippen LogP contribution in [0, 0.1) is 12.0 Å². The van der Waals surface area contributed by atoms with Gasteiger partial charge in [0.25, 0.3) is 0 Å². The summed E-state index contributed by atoms with van der Waals surface area (Å²) in [6.45, 7) is 4.12. The predicted octanol–water partition coefficient (Wildman–Crippen LogP) is 2.88. The van der Waals surface area contributed by atoms with Gasteiger partial charge in [0.15, 0.2) is 6.10 Å². The monoisotopic (exact) mass is 374 g/mol. The fraction of sp³-hybridized carbons (Fsp3) is 0.500. The molecule has 0 radical (unpaired) electrons. The van der Waals surface area contributed by atoms with E-state index in [2.05, 4.69) is 64.1 Å². The van der Waals surface area contributed by atoms with Gasteiger partial charge in [-0.05, 0) is 25.3 Å². The Morgan fingerprint density at radius 3 is 2.55 bits per heavy atom. The number of hydrogen-bond donors (Lipinski definition) is 0. The van der Waals surface area contributed by atoms with Crippen molar-refractivity contribution in [1.29, 1.82) is 0 Å². The molecule has 0 aromatic carbocycles. The summed E-state index contributed by atoms with van der Waals surface area (Å²) < 4.78 is 5.74. The molecule has 1 aliphatic heterocycles. The summed E-state index contributed by atoms with van der Waals surface area (Å²) in [5, 5.41) is 0. The van der Waals surface area contributed by atoms with E-state index in [9.17, 15) is 0 Å². The van der Waals surface area contributed by atoms with Crippen LogP contribution in [-0.2, 0) is 4.74 Å². The number of alkyl halides is 2. The minimum atomic E-state index is 0.178. The van der Waals surface area contributed by atoms with E-state index in [0.717, 1.165) is 5.57 Å². The topological polar surface area (TPSA) is 9.23 Å². The lowest BCUT2D eigenvalue weighted by Crippen LogP contribution is -2.21. The molecule has 1 rings (SSSR count). The number of halogens is 2. The molecule has 0 spiro atoms. The SMILES string of the molecule is CC1=C(C)C(C(I)I)OC#C1. The third-order valence-electron chi connectivity index (χ3n) is 1.67. The molecule has 0 aliphatic carbocycles. The van der Waals surface area contributed by atoms with Crippen LogP contribution < -0.4 is 0 Å². The van der Waals surface area contributed by atoms with Gasteiger partial charge in [-0.1, -0.05) is 45.2 Å².